The van der Waals surface area contributed by atoms with E-state index in [4.69, 9.17) is 4.74 Å². The lowest BCUT2D eigenvalue weighted by Gasteiger charge is -2.35. The number of rotatable bonds is 4. The van der Waals surface area contributed by atoms with E-state index in [9.17, 15) is 13.2 Å². The number of ether oxygens (including phenoxy) is 1. The van der Waals surface area contributed by atoms with Gasteiger partial charge in [-0.3, -0.25) is 14.5 Å². The number of hydrogen-bond acceptors (Lipinski definition) is 5. The Labute approximate surface area is 176 Å². The lowest BCUT2D eigenvalue weighted by molar-refractivity contribution is -0.141. The highest BCUT2D eigenvalue weighted by molar-refractivity contribution is 7.90. The largest absolute Gasteiger partial charge is 0.370 e. The number of benzene rings is 2. The zero-order valence-electron chi connectivity index (χ0n) is 17.0. The summed E-state index contributed by atoms with van der Waals surface area (Å²) < 4.78 is 33.1. The molecule has 0 unspecified atom stereocenters. The Morgan fingerprint density at radius 1 is 1.13 bits per heavy atom. The van der Waals surface area contributed by atoms with Gasteiger partial charge in [-0.15, -0.1) is 0 Å². The van der Waals surface area contributed by atoms with E-state index in [1.54, 1.807) is 29.2 Å². The van der Waals surface area contributed by atoms with Crippen LogP contribution < -0.4 is 4.72 Å². The third kappa shape index (κ3) is 3.97. The van der Waals surface area contributed by atoms with Gasteiger partial charge < -0.3 is 9.64 Å². The highest BCUT2D eigenvalue weighted by Crippen LogP contribution is 2.26. The van der Waals surface area contributed by atoms with Crippen LogP contribution in [0.3, 0.4) is 0 Å². The Bertz CT molecular complexity index is 1070. The topological polar surface area (TPSA) is 88.1 Å². The molecule has 158 valence electrons. The van der Waals surface area contributed by atoms with Crippen molar-refractivity contribution in [3.05, 3.63) is 65.7 Å². The number of amides is 1. The van der Waals surface area contributed by atoms with Gasteiger partial charge in [-0.2, -0.15) is 0 Å². The van der Waals surface area contributed by atoms with E-state index in [0.29, 0.717) is 25.3 Å². The second-order valence-electron chi connectivity index (χ2n) is 7.82. The molecule has 2 atom stereocenters. The number of amidine groups is 1. The van der Waals surface area contributed by atoms with Crippen molar-refractivity contribution in [1.29, 1.82) is 0 Å². The molecule has 30 heavy (non-hydrogen) atoms. The van der Waals surface area contributed by atoms with E-state index in [1.807, 2.05) is 44.2 Å². The minimum atomic E-state index is -3.65. The first-order valence-electron chi connectivity index (χ1n) is 10.0. The maximum atomic E-state index is 13.4. The van der Waals surface area contributed by atoms with Crippen molar-refractivity contribution in [2.45, 2.75) is 30.9 Å². The molecule has 1 N–H and O–H groups in total. The molecule has 0 saturated carbocycles. The van der Waals surface area contributed by atoms with Crippen LogP contribution >= 0.6 is 0 Å². The Kier molecular flexibility index (Phi) is 5.62. The van der Waals surface area contributed by atoms with Gasteiger partial charge in [-0.1, -0.05) is 56.3 Å². The fraction of sp³-hybridized carbons (Fsp3) is 0.364. The van der Waals surface area contributed by atoms with Gasteiger partial charge in [-0.25, -0.2) is 8.42 Å². The van der Waals surface area contributed by atoms with Gasteiger partial charge >= 0.3 is 0 Å². The molecular formula is C22H25N3O4S. The molecular weight excluding hydrogens is 402 g/mol. The molecule has 0 bridgehead atoms. The van der Waals surface area contributed by atoms with Gasteiger partial charge in [0.15, 0.2) is 0 Å². The van der Waals surface area contributed by atoms with Crippen molar-refractivity contribution in [2.75, 3.05) is 19.7 Å². The van der Waals surface area contributed by atoms with Crippen molar-refractivity contribution in [1.82, 2.24) is 9.62 Å². The quantitative estimate of drug-likeness (QED) is 0.811. The summed E-state index contributed by atoms with van der Waals surface area (Å²) in [4.78, 5) is 19.9. The molecule has 0 spiro atoms. The summed E-state index contributed by atoms with van der Waals surface area (Å²) in [5, 5.41) is 0. The number of aliphatic imine (C=N–C) groups is 1. The molecule has 8 heteroatoms. The average molecular weight is 428 g/mol. The van der Waals surface area contributed by atoms with Gasteiger partial charge in [0.05, 0.1) is 18.0 Å². The summed E-state index contributed by atoms with van der Waals surface area (Å²) in [6.07, 6.45) is -0.185. The monoisotopic (exact) mass is 427 g/mol. The summed E-state index contributed by atoms with van der Waals surface area (Å²) >= 11 is 0. The van der Waals surface area contributed by atoms with Gasteiger partial charge in [0.1, 0.15) is 18.0 Å². The van der Waals surface area contributed by atoms with Gasteiger partial charge in [-0.05, 0) is 23.6 Å². The zero-order chi connectivity index (χ0) is 21.3. The molecule has 1 fully saturated rings. The summed E-state index contributed by atoms with van der Waals surface area (Å²) in [5.41, 5.74) is 1.53. The Hall–Kier alpha value is -2.71. The van der Waals surface area contributed by atoms with E-state index < -0.39 is 16.1 Å². The van der Waals surface area contributed by atoms with E-state index in [0.717, 1.165) is 5.56 Å². The fourth-order valence-electron chi connectivity index (χ4n) is 3.76. The predicted octanol–water partition coefficient (Wildman–Crippen LogP) is 2.35. The molecule has 4 rings (SSSR count). The van der Waals surface area contributed by atoms with E-state index >= 15 is 0 Å². The van der Waals surface area contributed by atoms with Gasteiger partial charge in [0.2, 0.25) is 5.91 Å². The van der Waals surface area contributed by atoms with Crippen molar-refractivity contribution >= 4 is 21.8 Å². The number of morpholine rings is 1. The number of sulfonamides is 1. The minimum absolute atomic E-state index is 0.0970. The van der Waals surface area contributed by atoms with Crippen LogP contribution in [-0.4, -0.2) is 50.8 Å². The van der Waals surface area contributed by atoms with Crippen LogP contribution in [0.2, 0.25) is 0 Å². The molecule has 1 amide bonds. The van der Waals surface area contributed by atoms with E-state index in [2.05, 4.69) is 9.71 Å². The first-order valence-corrected chi connectivity index (χ1v) is 11.5. The Morgan fingerprint density at radius 3 is 2.57 bits per heavy atom. The van der Waals surface area contributed by atoms with Gasteiger partial charge in [0.25, 0.3) is 10.0 Å². The number of hydrogen-bond donors (Lipinski definition) is 1. The van der Waals surface area contributed by atoms with Crippen LogP contribution in [0.1, 0.15) is 31.1 Å². The highest BCUT2D eigenvalue weighted by Gasteiger charge is 2.35. The number of carbonyl (C=O) groups is 1. The molecule has 0 radical (unpaired) electrons. The van der Waals surface area contributed by atoms with Crippen LogP contribution in [0.15, 0.2) is 64.5 Å². The number of nitrogens with zero attached hydrogens (tertiary/aromatic N) is 2. The van der Waals surface area contributed by atoms with Crippen molar-refractivity contribution in [2.24, 2.45) is 10.9 Å². The van der Waals surface area contributed by atoms with E-state index in [-0.39, 0.29) is 28.7 Å². The van der Waals surface area contributed by atoms with Crippen LogP contribution in [0.25, 0.3) is 0 Å². The zero-order valence-corrected chi connectivity index (χ0v) is 17.8. The molecule has 2 heterocycles. The molecule has 0 aromatic heterocycles. The van der Waals surface area contributed by atoms with Crippen LogP contribution in [0.5, 0.6) is 0 Å². The molecule has 2 aromatic carbocycles. The summed E-state index contributed by atoms with van der Waals surface area (Å²) in [7, 11) is -3.65. The standard InChI is InChI=1S/C22H25N3O4S/c1-15(2)20(23-21-17-10-6-7-11-19(17)30(27,28)24-21)22(26)25-12-13-29-18(14-25)16-8-4-3-5-9-16/h3-11,15,18,20H,12-14H2,1-2H3,(H,23,24)/t18-,20+/m1/s1. The molecule has 7 nitrogen and oxygen atoms in total. The van der Waals surface area contributed by atoms with Crippen molar-refractivity contribution in [3.8, 4) is 0 Å². The van der Waals surface area contributed by atoms with Crippen molar-refractivity contribution < 1.29 is 17.9 Å². The molecule has 2 aliphatic heterocycles. The smallest absolute Gasteiger partial charge is 0.263 e. The van der Waals surface area contributed by atoms with Gasteiger partial charge in [0, 0.05) is 12.1 Å². The predicted molar refractivity (Wildman–Crippen MR) is 114 cm³/mol. The third-order valence-corrected chi connectivity index (χ3v) is 6.76. The van der Waals surface area contributed by atoms with Crippen LogP contribution in [0, 0.1) is 5.92 Å². The molecule has 1 saturated heterocycles. The lowest BCUT2D eigenvalue weighted by Crippen LogP contribution is -2.48. The summed E-state index contributed by atoms with van der Waals surface area (Å²) in [6, 6.07) is 15.8. The number of carbonyl (C=O) groups excluding carboxylic acids is 1. The molecule has 2 aromatic rings. The van der Waals surface area contributed by atoms with Crippen LogP contribution in [0.4, 0.5) is 0 Å². The Morgan fingerprint density at radius 2 is 1.83 bits per heavy atom. The average Bonchev–Trinajstić information content (AvgIpc) is 3.02. The molecule has 0 aliphatic carbocycles. The first-order chi connectivity index (χ1) is 14.4. The minimum Gasteiger partial charge on any atom is -0.370 e. The number of fused-ring (bicyclic) bond motifs is 1. The Balaban J connectivity index is 1.59. The fourth-order valence-corrected chi connectivity index (χ4v) is 5.00. The number of nitrogens with one attached hydrogen (secondary N) is 1. The second-order valence-corrected chi connectivity index (χ2v) is 9.47. The summed E-state index contributed by atoms with van der Waals surface area (Å²) in [6.45, 7) is 5.20. The maximum absolute atomic E-state index is 13.4. The van der Waals surface area contributed by atoms with Crippen molar-refractivity contribution in [3.63, 3.8) is 0 Å². The molecule has 2 aliphatic rings. The van der Waals surface area contributed by atoms with Crippen LogP contribution in [-0.2, 0) is 19.6 Å². The normalized spacial score (nSPS) is 22.6. The summed E-state index contributed by atoms with van der Waals surface area (Å²) in [5.74, 6) is 0.0103. The second kappa shape index (κ2) is 8.20. The SMILES string of the molecule is CC(C)[C@H](N=C1NS(=O)(=O)c2ccccc21)C(=O)N1CCO[C@@H](c2ccccc2)C1. The lowest BCUT2D eigenvalue weighted by atomic mass is 10.0. The van der Waals surface area contributed by atoms with E-state index in [1.165, 1.54) is 0 Å². The third-order valence-electron chi connectivity index (χ3n) is 5.36. The first kappa shape index (κ1) is 20.6. The highest BCUT2D eigenvalue weighted by atomic mass is 32.2. The maximum Gasteiger partial charge on any atom is 0.263 e.